The molecule has 0 bridgehead atoms. The van der Waals surface area contributed by atoms with Gasteiger partial charge in [-0.2, -0.15) is 9.83 Å². The summed E-state index contributed by atoms with van der Waals surface area (Å²) < 4.78 is 41.5. The number of ether oxygens (including phenoxy) is 1. The van der Waals surface area contributed by atoms with Gasteiger partial charge in [-0.1, -0.05) is 6.07 Å². The lowest BCUT2D eigenvalue weighted by Gasteiger charge is -2.20. The number of aromatic nitrogens is 1. The number of halogens is 1. The van der Waals surface area contributed by atoms with Crippen molar-refractivity contribution >= 4 is 6.09 Å². The maximum atomic E-state index is 11.9. The highest BCUT2D eigenvalue weighted by molar-refractivity contribution is 5.67. The van der Waals surface area contributed by atoms with Crippen molar-refractivity contribution < 1.29 is 43.0 Å². The van der Waals surface area contributed by atoms with Crippen LogP contribution in [-0.4, -0.2) is 11.7 Å². The van der Waals surface area contributed by atoms with Gasteiger partial charge in [0.1, 0.15) is 5.60 Å². The van der Waals surface area contributed by atoms with Gasteiger partial charge in [-0.15, -0.1) is 10.2 Å². The summed E-state index contributed by atoms with van der Waals surface area (Å²) in [7, 11) is -4.94. The lowest BCUT2D eigenvalue weighted by molar-refractivity contribution is -2.00. The molecule has 9 nitrogen and oxygen atoms in total. The monoisotopic (exact) mass is 463 g/mol. The van der Waals surface area contributed by atoms with E-state index in [2.05, 4.69) is 48.0 Å². The second kappa shape index (κ2) is 9.40. The Morgan fingerprint density at radius 2 is 1.78 bits per heavy atom. The molecular weight excluding hydrogens is 438 g/mol. The molecular formula is C22H26ClN3O6. The molecule has 3 rings (SSSR count). The first-order valence-corrected chi connectivity index (χ1v) is 11.0. The first-order chi connectivity index (χ1) is 14.6. The number of pyridine rings is 1. The maximum absolute atomic E-state index is 11.9. The first-order valence-electron chi connectivity index (χ1n) is 9.76. The van der Waals surface area contributed by atoms with Gasteiger partial charge in [0.2, 0.25) is 5.69 Å². The first kappa shape index (κ1) is 25.5. The number of amides is 1. The molecule has 2 heterocycles. The number of carbonyl (C=O) groups excluding carboxylic acids is 1. The van der Waals surface area contributed by atoms with Crippen LogP contribution in [-0.2, 0) is 23.1 Å². The van der Waals surface area contributed by atoms with E-state index in [0.717, 1.165) is 16.8 Å². The van der Waals surface area contributed by atoms with Gasteiger partial charge < -0.3 is 10.1 Å². The fourth-order valence-electron chi connectivity index (χ4n) is 3.47. The van der Waals surface area contributed by atoms with Crippen LogP contribution in [0.4, 0.5) is 4.79 Å². The Balaban J connectivity index is 0.000000654. The van der Waals surface area contributed by atoms with Crippen LogP contribution in [0.5, 0.6) is 0 Å². The van der Waals surface area contributed by atoms with Crippen LogP contribution in [0.25, 0.3) is 5.69 Å². The molecule has 0 saturated heterocycles. The summed E-state index contributed by atoms with van der Waals surface area (Å²) in [5, 5.41) is 11.8. The molecule has 0 saturated carbocycles. The molecule has 1 aliphatic rings. The lowest BCUT2D eigenvalue weighted by atomic mass is 9.82. The minimum absolute atomic E-state index is 0.178. The molecule has 0 atom stereocenters. The standard InChI is InChI=1S/C22H25N3O2.ClHO4/c1-21(2,3)27-20(26)24-14-16-6-7-18-17(12-16)22(4,5)19-13-15(8-10-23)9-11-25(18)19;2-1(3,4)5/h6-7,9,11-13H,8,14H2,1-5H3;(H,2,3,4,5). The van der Waals surface area contributed by atoms with Gasteiger partial charge in [0.05, 0.1) is 17.9 Å². The van der Waals surface area contributed by atoms with Crippen molar-refractivity contribution in [3.05, 3.63) is 58.9 Å². The molecule has 0 spiro atoms. The Kier molecular flexibility index (Phi) is 7.50. The number of hydrogen-bond acceptors (Lipinski definition) is 7. The summed E-state index contributed by atoms with van der Waals surface area (Å²) in [6.07, 6.45) is 2.03. The van der Waals surface area contributed by atoms with Crippen molar-refractivity contribution in [1.29, 1.82) is 5.26 Å². The van der Waals surface area contributed by atoms with Gasteiger partial charge in [0, 0.05) is 30.3 Å². The molecule has 32 heavy (non-hydrogen) atoms. The summed E-state index contributed by atoms with van der Waals surface area (Å²) in [6.45, 7) is 10.3. The molecule has 1 N–H and O–H groups in total. The smallest absolute Gasteiger partial charge is 0.407 e. The van der Waals surface area contributed by atoms with Crippen molar-refractivity contribution in [3.63, 3.8) is 0 Å². The zero-order chi connectivity index (χ0) is 24.3. The fourth-order valence-corrected chi connectivity index (χ4v) is 3.47. The highest BCUT2D eigenvalue weighted by Crippen LogP contribution is 2.38. The molecule has 1 aromatic heterocycles. The molecule has 1 amide bonds. The predicted molar refractivity (Wildman–Crippen MR) is 102 cm³/mol. The zero-order valence-corrected chi connectivity index (χ0v) is 19.4. The second-order valence-corrected chi connectivity index (χ2v) is 9.59. The average Bonchev–Trinajstić information content (AvgIpc) is 2.85. The Morgan fingerprint density at radius 3 is 2.34 bits per heavy atom. The summed E-state index contributed by atoms with van der Waals surface area (Å²) in [5.41, 5.74) is 4.88. The summed E-state index contributed by atoms with van der Waals surface area (Å²) >= 11 is 0. The molecule has 2 aromatic rings. The SMILES string of the molecule is CC(C)(C)OC(=O)NCc1ccc2c(c1)C(C)(C)c1cc(CC#N)cc[n+]1-2.[O-][Cl+3]([O-])([O-])[O-]. The zero-order valence-electron chi connectivity index (χ0n) is 18.6. The van der Waals surface area contributed by atoms with Crippen molar-refractivity contribution in [2.24, 2.45) is 0 Å². The molecule has 1 aliphatic heterocycles. The molecule has 10 heteroatoms. The van der Waals surface area contributed by atoms with E-state index in [1.165, 1.54) is 11.3 Å². The van der Waals surface area contributed by atoms with E-state index in [1.807, 2.05) is 39.1 Å². The summed E-state index contributed by atoms with van der Waals surface area (Å²) in [5.74, 6) is 0. The topological polar surface area (TPSA) is 158 Å². The highest BCUT2D eigenvalue weighted by Gasteiger charge is 2.43. The molecule has 1 aromatic carbocycles. The lowest BCUT2D eigenvalue weighted by Crippen LogP contribution is -2.68. The number of rotatable bonds is 3. The molecule has 172 valence electrons. The van der Waals surface area contributed by atoms with Crippen LogP contribution in [0.1, 0.15) is 57.0 Å². The van der Waals surface area contributed by atoms with Crippen molar-refractivity contribution in [2.45, 2.75) is 58.6 Å². The van der Waals surface area contributed by atoms with E-state index in [0.29, 0.717) is 13.0 Å². The number of benzene rings is 1. The molecule has 0 fully saturated rings. The van der Waals surface area contributed by atoms with Gasteiger partial charge in [-0.25, -0.2) is 23.4 Å². The number of alkyl carbamates (subject to hydrolysis) is 1. The minimum Gasteiger partial charge on any atom is -0.444 e. The van der Waals surface area contributed by atoms with E-state index >= 15 is 0 Å². The van der Waals surface area contributed by atoms with Crippen molar-refractivity contribution in [1.82, 2.24) is 5.32 Å². The van der Waals surface area contributed by atoms with Gasteiger partial charge in [-0.05, 0) is 51.8 Å². The van der Waals surface area contributed by atoms with Crippen molar-refractivity contribution in [2.75, 3.05) is 0 Å². The normalized spacial score (nSPS) is 13.8. The fraction of sp³-hybridized carbons (Fsp3) is 0.409. The molecule has 0 unspecified atom stereocenters. The Morgan fingerprint density at radius 1 is 1.16 bits per heavy atom. The average molecular weight is 464 g/mol. The third-order valence-electron chi connectivity index (χ3n) is 4.77. The van der Waals surface area contributed by atoms with Crippen molar-refractivity contribution in [3.8, 4) is 11.8 Å². The number of hydrogen-bond donors (Lipinski definition) is 1. The Bertz CT molecular complexity index is 1030. The van der Waals surface area contributed by atoms with E-state index in [-0.39, 0.29) is 5.41 Å². The highest BCUT2D eigenvalue weighted by atomic mass is 35.7. The number of carbonyl (C=O) groups is 1. The maximum Gasteiger partial charge on any atom is 0.407 e. The third kappa shape index (κ3) is 6.88. The van der Waals surface area contributed by atoms with E-state index in [9.17, 15) is 4.79 Å². The third-order valence-corrected chi connectivity index (χ3v) is 4.77. The van der Waals surface area contributed by atoms with Crippen LogP contribution >= 0.6 is 0 Å². The minimum atomic E-state index is -4.94. The number of nitrogens with one attached hydrogen (secondary N) is 1. The number of fused-ring (bicyclic) bond motifs is 3. The molecule has 0 aliphatic carbocycles. The second-order valence-electron chi connectivity index (χ2n) is 8.84. The van der Waals surface area contributed by atoms with Crippen LogP contribution in [0.15, 0.2) is 36.5 Å². The van der Waals surface area contributed by atoms with E-state index in [4.69, 9.17) is 28.6 Å². The van der Waals surface area contributed by atoms with E-state index in [1.54, 1.807) is 0 Å². The largest absolute Gasteiger partial charge is 0.444 e. The quantitative estimate of drug-likeness (QED) is 0.568. The van der Waals surface area contributed by atoms with E-state index < -0.39 is 21.9 Å². The van der Waals surface area contributed by atoms with Gasteiger partial charge in [0.15, 0.2) is 11.9 Å². The molecule has 0 radical (unpaired) electrons. The van der Waals surface area contributed by atoms with Crippen LogP contribution in [0.3, 0.4) is 0 Å². The van der Waals surface area contributed by atoms with Gasteiger partial charge in [0.25, 0.3) is 0 Å². The predicted octanol–water partition coefficient (Wildman–Crippen LogP) is -1.06. The Hall–Kier alpha value is -2.74. The van der Waals surface area contributed by atoms with Gasteiger partial charge in [-0.3, -0.25) is 0 Å². The number of nitriles is 1. The van der Waals surface area contributed by atoms with Crippen LogP contribution < -0.4 is 28.5 Å². The number of nitrogens with zero attached hydrogens (tertiary/aromatic N) is 2. The van der Waals surface area contributed by atoms with Crippen LogP contribution in [0.2, 0.25) is 0 Å². The Labute approximate surface area is 189 Å². The summed E-state index contributed by atoms with van der Waals surface area (Å²) in [4.78, 5) is 11.9. The van der Waals surface area contributed by atoms with Gasteiger partial charge >= 0.3 is 6.09 Å². The summed E-state index contributed by atoms with van der Waals surface area (Å²) in [6, 6.07) is 12.6. The van der Waals surface area contributed by atoms with Crippen LogP contribution in [0, 0.1) is 21.6 Å².